The Morgan fingerprint density at radius 1 is 1.50 bits per heavy atom. The van der Waals surface area contributed by atoms with E-state index in [0.29, 0.717) is 6.54 Å². The van der Waals surface area contributed by atoms with Crippen LogP contribution in [0.25, 0.3) is 0 Å². The van der Waals surface area contributed by atoms with E-state index in [1.807, 2.05) is 6.92 Å². The minimum Gasteiger partial charge on any atom is -0.360 e. The van der Waals surface area contributed by atoms with Gasteiger partial charge in [-0.1, -0.05) is 0 Å². The molecule has 0 spiro atoms. The van der Waals surface area contributed by atoms with Crippen LogP contribution in [0.2, 0.25) is 0 Å². The van der Waals surface area contributed by atoms with E-state index < -0.39 is 4.92 Å². The molecular formula is C10H14N8O2. The number of nitrogens with zero attached hydrogens (tertiary/aromatic N) is 5. The first-order valence-electron chi connectivity index (χ1n) is 5.81. The number of hydrazine groups is 1. The average molecular weight is 278 g/mol. The fourth-order valence-corrected chi connectivity index (χ4v) is 1.73. The van der Waals surface area contributed by atoms with Crippen LogP contribution in [-0.2, 0) is 6.54 Å². The van der Waals surface area contributed by atoms with Gasteiger partial charge in [0.25, 0.3) is 0 Å². The second-order valence-electron chi connectivity index (χ2n) is 4.09. The summed E-state index contributed by atoms with van der Waals surface area (Å²) in [6, 6.07) is 1.69. The van der Waals surface area contributed by atoms with Gasteiger partial charge in [-0.05, 0) is 13.0 Å². The number of nitrogens with two attached hydrogens (primary N) is 1. The molecule has 0 aliphatic heterocycles. The Hall–Kier alpha value is -2.75. The van der Waals surface area contributed by atoms with Crippen molar-refractivity contribution in [1.82, 2.24) is 19.7 Å². The van der Waals surface area contributed by atoms with Crippen LogP contribution in [0.5, 0.6) is 0 Å². The van der Waals surface area contributed by atoms with E-state index >= 15 is 0 Å². The standard InChI is InChI=1S/C10H14N8O2/c1-7(5-17-4-2-3-14-17)15-9-8(18(19)20)10(16-11)13-6-12-9/h2-4,6-7H,5,11H2,1H3,(H2,12,13,15,16). The number of aromatic nitrogens is 4. The van der Waals surface area contributed by atoms with E-state index in [0.717, 1.165) is 0 Å². The summed E-state index contributed by atoms with van der Waals surface area (Å²) in [7, 11) is 0. The van der Waals surface area contributed by atoms with E-state index in [1.165, 1.54) is 6.33 Å². The first-order chi connectivity index (χ1) is 9.61. The van der Waals surface area contributed by atoms with E-state index in [1.54, 1.807) is 23.1 Å². The molecule has 4 N–H and O–H groups in total. The second kappa shape index (κ2) is 5.93. The number of hydrogen-bond acceptors (Lipinski definition) is 8. The molecule has 2 aromatic rings. The maximum atomic E-state index is 11.1. The van der Waals surface area contributed by atoms with Crippen LogP contribution in [0.4, 0.5) is 17.3 Å². The lowest BCUT2D eigenvalue weighted by molar-refractivity contribution is -0.383. The van der Waals surface area contributed by atoms with Crippen LogP contribution >= 0.6 is 0 Å². The second-order valence-corrected chi connectivity index (χ2v) is 4.09. The summed E-state index contributed by atoms with van der Waals surface area (Å²) in [6.07, 6.45) is 4.67. The highest BCUT2D eigenvalue weighted by Gasteiger charge is 2.23. The predicted molar refractivity (Wildman–Crippen MR) is 71.8 cm³/mol. The Bertz CT molecular complexity index is 585. The molecule has 2 aromatic heterocycles. The topological polar surface area (TPSA) is 137 Å². The van der Waals surface area contributed by atoms with Gasteiger partial charge in [0, 0.05) is 18.4 Å². The van der Waals surface area contributed by atoms with Gasteiger partial charge in [-0.25, -0.2) is 15.8 Å². The van der Waals surface area contributed by atoms with Crippen LogP contribution in [0, 0.1) is 10.1 Å². The minimum atomic E-state index is -0.585. The van der Waals surface area contributed by atoms with Crippen LogP contribution in [-0.4, -0.2) is 30.7 Å². The molecule has 20 heavy (non-hydrogen) atoms. The third kappa shape index (κ3) is 2.98. The summed E-state index contributed by atoms with van der Waals surface area (Å²) in [4.78, 5) is 18.1. The van der Waals surface area contributed by atoms with Gasteiger partial charge in [-0.2, -0.15) is 5.10 Å². The fraction of sp³-hybridized carbons (Fsp3) is 0.300. The molecule has 2 rings (SSSR count). The van der Waals surface area contributed by atoms with Gasteiger partial charge in [0.2, 0.25) is 11.6 Å². The molecule has 0 fully saturated rings. The van der Waals surface area contributed by atoms with Crippen LogP contribution in [0.1, 0.15) is 6.92 Å². The molecule has 10 nitrogen and oxygen atoms in total. The molecule has 0 aliphatic carbocycles. The fourth-order valence-electron chi connectivity index (χ4n) is 1.73. The van der Waals surface area contributed by atoms with Crippen LogP contribution in [0.15, 0.2) is 24.8 Å². The minimum absolute atomic E-state index is 0.0428. The molecule has 2 heterocycles. The maximum Gasteiger partial charge on any atom is 0.354 e. The molecule has 0 bridgehead atoms. The average Bonchev–Trinajstić information content (AvgIpc) is 2.90. The summed E-state index contributed by atoms with van der Waals surface area (Å²) in [5.74, 6) is 5.28. The molecule has 0 saturated heterocycles. The van der Waals surface area contributed by atoms with Crippen molar-refractivity contribution in [2.75, 3.05) is 10.7 Å². The van der Waals surface area contributed by atoms with Crippen molar-refractivity contribution in [1.29, 1.82) is 0 Å². The van der Waals surface area contributed by atoms with E-state index in [-0.39, 0.29) is 23.4 Å². The van der Waals surface area contributed by atoms with Crippen molar-refractivity contribution >= 4 is 17.3 Å². The molecule has 1 unspecified atom stereocenters. The van der Waals surface area contributed by atoms with E-state index in [4.69, 9.17) is 5.84 Å². The van der Waals surface area contributed by atoms with Gasteiger partial charge < -0.3 is 10.7 Å². The van der Waals surface area contributed by atoms with Gasteiger partial charge in [0.05, 0.1) is 11.5 Å². The zero-order valence-electron chi connectivity index (χ0n) is 10.7. The molecule has 0 amide bonds. The SMILES string of the molecule is CC(Cn1cccn1)Nc1ncnc(NN)c1[N+](=O)[O-]. The van der Waals surface area contributed by atoms with E-state index in [9.17, 15) is 10.1 Å². The number of nitro groups is 1. The summed E-state index contributed by atoms with van der Waals surface area (Å²) in [5, 5.41) is 18.1. The number of nitrogen functional groups attached to an aromatic ring is 1. The molecule has 106 valence electrons. The van der Waals surface area contributed by atoms with Crippen molar-refractivity contribution < 1.29 is 4.92 Å². The summed E-state index contributed by atoms with van der Waals surface area (Å²) >= 11 is 0. The van der Waals surface area contributed by atoms with Crippen LogP contribution in [0.3, 0.4) is 0 Å². The first kappa shape index (κ1) is 13.7. The normalized spacial score (nSPS) is 11.9. The van der Waals surface area contributed by atoms with Crippen molar-refractivity contribution in [3.63, 3.8) is 0 Å². The van der Waals surface area contributed by atoms with Gasteiger partial charge in [-0.3, -0.25) is 14.8 Å². The maximum absolute atomic E-state index is 11.1. The van der Waals surface area contributed by atoms with Crippen molar-refractivity contribution in [3.8, 4) is 0 Å². The monoisotopic (exact) mass is 278 g/mol. The quantitative estimate of drug-likeness (QED) is 0.391. The van der Waals surface area contributed by atoms with Crippen LogP contribution < -0.4 is 16.6 Å². The van der Waals surface area contributed by atoms with Gasteiger partial charge in [0.1, 0.15) is 6.33 Å². The molecule has 0 aliphatic rings. The number of anilines is 2. The van der Waals surface area contributed by atoms with E-state index in [2.05, 4.69) is 25.8 Å². The number of nitrogens with one attached hydrogen (secondary N) is 2. The third-order valence-corrected chi connectivity index (χ3v) is 2.54. The van der Waals surface area contributed by atoms with Gasteiger partial charge >= 0.3 is 5.69 Å². The molecule has 0 saturated carbocycles. The Morgan fingerprint density at radius 3 is 2.85 bits per heavy atom. The van der Waals surface area contributed by atoms with Gasteiger partial charge in [0.15, 0.2) is 0 Å². The van der Waals surface area contributed by atoms with Gasteiger partial charge in [-0.15, -0.1) is 0 Å². The third-order valence-electron chi connectivity index (χ3n) is 2.54. The molecule has 10 heteroatoms. The highest BCUT2D eigenvalue weighted by molar-refractivity contribution is 5.68. The summed E-state index contributed by atoms with van der Waals surface area (Å²) < 4.78 is 1.72. The molecule has 1 atom stereocenters. The molecule has 0 radical (unpaired) electrons. The molecule has 0 aromatic carbocycles. The number of rotatable bonds is 6. The first-order valence-corrected chi connectivity index (χ1v) is 5.81. The lowest BCUT2D eigenvalue weighted by Gasteiger charge is -2.15. The lowest BCUT2D eigenvalue weighted by Crippen LogP contribution is -2.24. The Kier molecular flexibility index (Phi) is 4.05. The summed E-state index contributed by atoms with van der Waals surface area (Å²) in [6.45, 7) is 2.41. The summed E-state index contributed by atoms with van der Waals surface area (Å²) in [5.41, 5.74) is 1.90. The molecular weight excluding hydrogens is 264 g/mol. The van der Waals surface area contributed by atoms with Crippen molar-refractivity contribution in [2.24, 2.45) is 5.84 Å². The van der Waals surface area contributed by atoms with Crippen molar-refractivity contribution in [2.45, 2.75) is 19.5 Å². The Morgan fingerprint density at radius 2 is 2.25 bits per heavy atom. The smallest absolute Gasteiger partial charge is 0.354 e. The zero-order valence-corrected chi connectivity index (χ0v) is 10.7. The van der Waals surface area contributed by atoms with Crippen molar-refractivity contribution in [3.05, 3.63) is 34.9 Å². The Balaban J connectivity index is 2.18. The predicted octanol–water partition coefficient (Wildman–Crippen LogP) is 0.368. The largest absolute Gasteiger partial charge is 0.360 e. The lowest BCUT2D eigenvalue weighted by atomic mass is 10.3. The highest BCUT2D eigenvalue weighted by Crippen LogP contribution is 2.28. The zero-order chi connectivity index (χ0) is 14.5. The highest BCUT2D eigenvalue weighted by atomic mass is 16.6. The number of hydrogen-bond donors (Lipinski definition) is 3. The Labute approximate surface area is 114 Å².